The largest absolute Gasteiger partial charge is 0.483 e. The quantitative estimate of drug-likeness (QED) is 0.387. The second kappa shape index (κ2) is 9.61. The monoisotopic (exact) mass is 510 g/mol. The molecule has 0 atom stereocenters. The van der Waals surface area contributed by atoms with Crippen molar-refractivity contribution < 1.29 is 13.9 Å². The number of benzene rings is 3. The average Bonchev–Trinajstić information content (AvgIpc) is 2.80. The van der Waals surface area contributed by atoms with E-state index in [0.717, 1.165) is 4.68 Å². The number of hydrogen-bond donors (Lipinski definition) is 2. The maximum absolute atomic E-state index is 13.6. The number of ether oxygens (including phenoxy) is 1. The Balaban J connectivity index is 1.46. The highest BCUT2D eigenvalue weighted by Gasteiger charge is 2.10. The number of nitrogens with zero attached hydrogens (tertiary/aromatic N) is 2. The van der Waals surface area contributed by atoms with Crippen LogP contribution in [0.4, 0.5) is 10.1 Å². The van der Waals surface area contributed by atoms with Gasteiger partial charge in [0.25, 0.3) is 11.5 Å². The summed E-state index contributed by atoms with van der Waals surface area (Å²) in [5.74, 6) is -0.691. The molecule has 0 saturated carbocycles. The van der Waals surface area contributed by atoms with E-state index in [1.165, 1.54) is 24.4 Å². The summed E-state index contributed by atoms with van der Waals surface area (Å²) in [5, 5.41) is 6.77. The van der Waals surface area contributed by atoms with Crippen molar-refractivity contribution in [3.63, 3.8) is 0 Å². The Hall–Kier alpha value is -4.05. The number of aromatic nitrogens is 2. The summed E-state index contributed by atoms with van der Waals surface area (Å²) < 4.78 is 20.4. The predicted octanol–water partition coefficient (Wildman–Crippen LogP) is 3.49. The van der Waals surface area contributed by atoms with E-state index < -0.39 is 23.0 Å². The van der Waals surface area contributed by atoms with Gasteiger partial charge in [-0.15, -0.1) is 4.68 Å². The van der Waals surface area contributed by atoms with Crippen molar-refractivity contribution in [2.24, 2.45) is 5.10 Å². The van der Waals surface area contributed by atoms with Crippen molar-refractivity contribution in [3.8, 4) is 5.75 Å². The minimum atomic E-state index is -0.658. The van der Waals surface area contributed by atoms with Gasteiger partial charge >= 0.3 is 5.69 Å². The van der Waals surface area contributed by atoms with Gasteiger partial charge in [-0.05, 0) is 64.0 Å². The first kappa shape index (κ1) is 22.2. The van der Waals surface area contributed by atoms with Crippen LogP contribution in [0.25, 0.3) is 10.9 Å². The fourth-order valence-corrected chi connectivity index (χ4v) is 3.50. The van der Waals surface area contributed by atoms with Crippen molar-refractivity contribution in [2.45, 2.75) is 0 Å². The van der Waals surface area contributed by atoms with Crippen LogP contribution in [0.15, 0.2) is 85.9 Å². The van der Waals surface area contributed by atoms with Crippen LogP contribution < -0.4 is 21.3 Å². The van der Waals surface area contributed by atoms with Gasteiger partial charge in [0.15, 0.2) is 6.61 Å². The minimum Gasteiger partial charge on any atom is -0.483 e. The zero-order chi connectivity index (χ0) is 23.4. The fraction of sp³-hybridized carbons (Fsp3) is 0.0435. The third kappa shape index (κ3) is 5.07. The average molecular weight is 511 g/mol. The second-order valence-corrected chi connectivity index (χ2v) is 7.70. The highest BCUT2D eigenvalue weighted by atomic mass is 79.9. The molecule has 0 bridgehead atoms. The lowest BCUT2D eigenvalue weighted by molar-refractivity contribution is -0.118. The Morgan fingerprint density at radius 1 is 1.12 bits per heavy atom. The van der Waals surface area contributed by atoms with Crippen LogP contribution in [-0.4, -0.2) is 28.4 Å². The summed E-state index contributed by atoms with van der Waals surface area (Å²) in [6, 6.07) is 17.4. The molecule has 0 radical (unpaired) electrons. The number of rotatable bonds is 6. The number of para-hydroxylation sites is 2. The van der Waals surface area contributed by atoms with E-state index in [1.54, 1.807) is 48.5 Å². The Morgan fingerprint density at radius 2 is 1.88 bits per heavy atom. The van der Waals surface area contributed by atoms with Crippen LogP contribution in [-0.2, 0) is 4.79 Å². The number of nitrogens with one attached hydrogen (secondary N) is 2. The molecule has 33 heavy (non-hydrogen) atoms. The number of anilines is 1. The molecule has 1 heterocycles. The fourth-order valence-electron chi connectivity index (χ4n) is 2.99. The van der Waals surface area contributed by atoms with E-state index >= 15 is 0 Å². The summed E-state index contributed by atoms with van der Waals surface area (Å²) in [4.78, 5) is 39.4. The lowest BCUT2D eigenvalue weighted by Crippen LogP contribution is -2.32. The summed E-state index contributed by atoms with van der Waals surface area (Å²) in [6.07, 6.45) is 1.35. The van der Waals surface area contributed by atoms with Gasteiger partial charge in [0.2, 0.25) is 0 Å². The molecule has 10 heteroatoms. The van der Waals surface area contributed by atoms with Gasteiger partial charge in [0, 0.05) is 0 Å². The van der Waals surface area contributed by atoms with E-state index in [-0.39, 0.29) is 12.3 Å². The molecule has 0 aliphatic carbocycles. The smallest absolute Gasteiger partial charge is 0.349 e. The summed E-state index contributed by atoms with van der Waals surface area (Å²) in [5.41, 5.74) is -0.123. The molecule has 166 valence electrons. The van der Waals surface area contributed by atoms with Gasteiger partial charge < -0.3 is 15.0 Å². The molecule has 4 aromatic rings. The Morgan fingerprint density at radius 3 is 2.67 bits per heavy atom. The molecule has 0 aliphatic rings. The van der Waals surface area contributed by atoms with Crippen LogP contribution in [0.1, 0.15) is 5.56 Å². The Labute approximate surface area is 194 Å². The predicted molar refractivity (Wildman–Crippen MR) is 126 cm³/mol. The van der Waals surface area contributed by atoms with Gasteiger partial charge in [-0.25, -0.2) is 9.18 Å². The van der Waals surface area contributed by atoms with Crippen LogP contribution in [0.5, 0.6) is 5.75 Å². The number of halogens is 2. The number of carbonyl (C=O) groups is 1. The zero-order valence-electron chi connectivity index (χ0n) is 16.9. The third-order valence-electron chi connectivity index (χ3n) is 4.57. The molecule has 1 aromatic heterocycles. The van der Waals surface area contributed by atoms with Gasteiger partial charge in [0.05, 0.1) is 27.3 Å². The topological polar surface area (TPSA) is 106 Å². The summed E-state index contributed by atoms with van der Waals surface area (Å²) in [6.45, 7) is -0.331. The molecule has 4 rings (SSSR count). The molecule has 3 aromatic carbocycles. The standard InChI is InChI=1S/C23H16BrFN4O4/c24-16-11-14(12-26-29-22(31)15-5-1-3-7-18(15)28-23(29)32)9-10-20(16)33-13-21(30)27-19-8-4-2-6-17(19)25/h1-12H,13H2,(H,27,30)(H,28,32). The number of hydrogen-bond acceptors (Lipinski definition) is 5. The zero-order valence-corrected chi connectivity index (χ0v) is 18.5. The third-order valence-corrected chi connectivity index (χ3v) is 5.19. The van der Waals surface area contributed by atoms with Gasteiger partial charge in [-0.2, -0.15) is 5.10 Å². The Kier molecular flexibility index (Phi) is 6.45. The SMILES string of the molecule is O=C(COc1ccc(C=Nn2c(=O)[nH]c3ccccc3c2=O)cc1Br)Nc1ccccc1F. The van der Waals surface area contributed by atoms with Crippen molar-refractivity contribution in [1.82, 2.24) is 9.66 Å². The molecule has 1 amide bonds. The Bertz CT molecular complexity index is 1500. The highest BCUT2D eigenvalue weighted by molar-refractivity contribution is 9.10. The van der Waals surface area contributed by atoms with E-state index in [2.05, 4.69) is 31.3 Å². The van der Waals surface area contributed by atoms with E-state index in [1.807, 2.05) is 0 Å². The molecule has 0 spiro atoms. The van der Waals surface area contributed by atoms with Crippen LogP contribution >= 0.6 is 15.9 Å². The van der Waals surface area contributed by atoms with Crippen molar-refractivity contribution in [1.29, 1.82) is 0 Å². The lowest BCUT2D eigenvalue weighted by Gasteiger charge is -2.10. The minimum absolute atomic E-state index is 0.0654. The summed E-state index contributed by atoms with van der Waals surface area (Å²) >= 11 is 3.35. The number of carbonyl (C=O) groups excluding carboxylic acids is 1. The number of amides is 1. The number of H-pyrrole nitrogens is 1. The van der Waals surface area contributed by atoms with Crippen LogP contribution in [0, 0.1) is 5.82 Å². The molecule has 0 saturated heterocycles. The molecule has 0 fully saturated rings. The summed E-state index contributed by atoms with van der Waals surface area (Å²) in [7, 11) is 0. The van der Waals surface area contributed by atoms with Gasteiger partial charge in [-0.3, -0.25) is 9.59 Å². The first-order valence-corrected chi connectivity index (χ1v) is 10.5. The maximum Gasteiger partial charge on any atom is 0.349 e. The second-order valence-electron chi connectivity index (χ2n) is 6.84. The van der Waals surface area contributed by atoms with Crippen LogP contribution in [0.3, 0.4) is 0 Å². The van der Waals surface area contributed by atoms with E-state index in [0.29, 0.717) is 26.7 Å². The van der Waals surface area contributed by atoms with Crippen molar-refractivity contribution >= 4 is 44.6 Å². The molecule has 2 N–H and O–H groups in total. The molecular formula is C23H16BrFN4O4. The maximum atomic E-state index is 13.6. The van der Waals surface area contributed by atoms with Gasteiger partial charge in [0.1, 0.15) is 11.6 Å². The van der Waals surface area contributed by atoms with Gasteiger partial charge in [-0.1, -0.05) is 24.3 Å². The van der Waals surface area contributed by atoms with Crippen molar-refractivity contribution in [3.05, 3.63) is 103 Å². The van der Waals surface area contributed by atoms with E-state index in [4.69, 9.17) is 4.74 Å². The normalized spacial score (nSPS) is 11.1. The van der Waals surface area contributed by atoms with Crippen LogP contribution in [0.2, 0.25) is 0 Å². The molecule has 0 aliphatic heterocycles. The molecular weight excluding hydrogens is 495 g/mol. The lowest BCUT2D eigenvalue weighted by atomic mass is 10.2. The first-order chi connectivity index (χ1) is 15.9. The first-order valence-electron chi connectivity index (χ1n) is 9.67. The molecule has 8 nitrogen and oxygen atoms in total. The van der Waals surface area contributed by atoms with E-state index in [9.17, 15) is 18.8 Å². The number of aromatic amines is 1. The number of fused-ring (bicyclic) bond motifs is 1. The van der Waals surface area contributed by atoms with Crippen molar-refractivity contribution in [2.75, 3.05) is 11.9 Å². The highest BCUT2D eigenvalue weighted by Crippen LogP contribution is 2.25. The molecule has 0 unspecified atom stereocenters.